The zero-order valence-corrected chi connectivity index (χ0v) is 20.5. The quantitative estimate of drug-likeness (QED) is 0.658. The Morgan fingerprint density at radius 2 is 1.64 bits per heavy atom. The summed E-state index contributed by atoms with van der Waals surface area (Å²) in [6.45, 7) is 4.53. The highest BCUT2D eigenvalue weighted by atomic mass is 79.9. The minimum Gasteiger partial charge on any atom is -0.341 e. The maximum absolute atomic E-state index is 13.4. The SMILES string of the molecule is Cc1ccccc1C(=O)N[C@@H](C(=O)N1CCCC1)C1CCN(C(=O)c2cccc(Br)c2)CC1. The van der Waals surface area contributed by atoms with Crippen molar-refractivity contribution in [3.63, 3.8) is 0 Å². The van der Waals surface area contributed by atoms with E-state index in [1.807, 2.05) is 59.2 Å². The highest BCUT2D eigenvalue weighted by Gasteiger charge is 2.37. The Balaban J connectivity index is 1.47. The fraction of sp³-hybridized carbons (Fsp3) is 0.423. The van der Waals surface area contributed by atoms with E-state index in [1.165, 1.54) is 0 Å². The van der Waals surface area contributed by atoms with Gasteiger partial charge in [0.2, 0.25) is 5.91 Å². The van der Waals surface area contributed by atoms with E-state index in [1.54, 1.807) is 6.07 Å². The van der Waals surface area contributed by atoms with Gasteiger partial charge in [-0.2, -0.15) is 0 Å². The molecule has 4 rings (SSSR count). The standard InChI is InChI=1S/C26H30BrN3O3/c1-18-7-2-3-10-22(18)24(31)28-23(26(33)29-13-4-5-14-29)19-11-15-30(16-12-19)25(32)20-8-6-9-21(27)17-20/h2-3,6-10,17,19,23H,4-5,11-16H2,1H3,(H,28,31)/t23-/m1/s1. The van der Waals surface area contributed by atoms with E-state index in [0.717, 1.165) is 36.0 Å². The molecular weight excluding hydrogens is 482 g/mol. The number of hydrogen-bond donors (Lipinski definition) is 1. The summed E-state index contributed by atoms with van der Waals surface area (Å²) in [6, 6.07) is 14.3. The van der Waals surface area contributed by atoms with Crippen molar-refractivity contribution < 1.29 is 14.4 Å². The lowest BCUT2D eigenvalue weighted by molar-refractivity contribution is -0.134. The molecule has 2 aliphatic rings. The predicted octanol–water partition coefficient (Wildman–Crippen LogP) is 4.03. The van der Waals surface area contributed by atoms with Gasteiger partial charge in [-0.15, -0.1) is 0 Å². The van der Waals surface area contributed by atoms with Gasteiger partial charge in [0.25, 0.3) is 11.8 Å². The number of rotatable bonds is 5. The molecule has 2 aliphatic heterocycles. The van der Waals surface area contributed by atoms with Crippen molar-refractivity contribution in [3.8, 4) is 0 Å². The van der Waals surface area contributed by atoms with Crippen molar-refractivity contribution in [3.05, 3.63) is 69.7 Å². The molecule has 0 bridgehead atoms. The highest BCUT2D eigenvalue weighted by molar-refractivity contribution is 9.10. The Hall–Kier alpha value is -2.67. The molecule has 1 N–H and O–H groups in total. The molecule has 7 heteroatoms. The second-order valence-corrected chi connectivity index (χ2v) is 9.85. The first-order valence-electron chi connectivity index (χ1n) is 11.6. The molecule has 0 spiro atoms. The summed E-state index contributed by atoms with van der Waals surface area (Å²) >= 11 is 3.43. The first-order chi connectivity index (χ1) is 15.9. The fourth-order valence-corrected chi connectivity index (χ4v) is 5.20. The molecule has 3 amide bonds. The van der Waals surface area contributed by atoms with Gasteiger partial charge in [0, 0.05) is 41.8 Å². The minimum absolute atomic E-state index is 0.00103. The van der Waals surface area contributed by atoms with Gasteiger partial charge in [-0.05, 0) is 68.4 Å². The number of amides is 3. The number of nitrogens with one attached hydrogen (secondary N) is 1. The summed E-state index contributed by atoms with van der Waals surface area (Å²) in [4.78, 5) is 43.1. The monoisotopic (exact) mass is 511 g/mol. The van der Waals surface area contributed by atoms with Crippen molar-refractivity contribution in [2.75, 3.05) is 26.2 Å². The smallest absolute Gasteiger partial charge is 0.253 e. The van der Waals surface area contributed by atoms with E-state index in [2.05, 4.69) is 21.2 Å². The topological polar surface area (TPSA) is 69.7 Å². The Morgan fingerprint density at radius 3 is 2.30 bits per heavy atom. The Morgan fingerprint density at radius 1 is 0.939 bits per heavy atom. The molecule has 0 aliphatic carbocycles. The summed E-state index contributed by atoms with van der Waals surface area (Å²) in [6.07, 6.45) is 3.36. The van der Waals surface area contributed by atoms with Crippen LogP contribution in [-0.4, -0.2) is 59.7 Å². The van der Waals surface area contributed by atoms with E-state index in [-0.39, 0.29) is 23.6 Å². The van der Waals surface area contributed by atoms with E-state index in [0.29, 0.717) is 37.1 Å². The molecule has 2 saturated heterocycles. The molecule has 2 heterocycles. The van der Waals surface area contributed by atoms with E-state index in [4.69, 9.17) is 0 Å². The van der Waals surface area contributed by atoms with Gasteiger partial charge in [0.15, 0.2) is 0 Å². The molecule has 2 fully saturated rings. The van der Waals surface area contributed by atoms with Crippen molar-refractivity contribution in [2.24, 2.45) is 5.92 Å². The second-order valence-electron chi connectivity index (χ2n) is 8.94. The summed E-state index contributed by atoms with van der Waals surface area (Å²) < 4.78 is 0.874. The molecule has 0 saturated carbocycles. The average Bonchev–Trinajstić information content (AvgIpc) is 3.37. The molecule has 6 nitrogen and oxygen atoms in total. The number of halogens is 1. The predicted molar refractivity (Wildman–Crippen MR) is 131 cm³/mol. The average molecular weight is 512 g/mol. The van der Waals surface area contributed by atoms with Crippen LogP contribution in [-0.2, 0) is 4.79 Å². The first-order valence-corrected chi connectivity index (χ1v) is 12.4. The van der Waals surface area contributed by atoms with Crippen LogP contribution >= 0.6 is 15.9 Å². The van der Waals surface area contributed by atoms with Crippen LogP contribution in [0.25, 0.3) is 0 Å². The lowest BCUT2D eigenvalue weighted by Crippen LogP contribution is -2.54. The molecule has 2 aromatic rings. The third-order valence-corrected chi connectivity index (χ3v) is 7.22. The molecule has 0 unspecified atom stereocenters. The number of carbonyl (C=O) groups is 3. The van der Waals surface area contributed by atoms with Crippen LogP contribution in [0.5, 0.6) is 0 Å². The van der Waals surface area contributed by atoms with Crippen molar-refractivity contribution in [1.82, 2.24) is 15.1 Å². The fourth-order valence-electron chi connectivity index (χ4n) is 4.80. The van der Waals surface area contributed by atoms with Gasteiger partial charge in [0.05, 0.1) is 0 Å². The van der Waals surface area contributed by atoms with Gasteiger partial charge < -0.3 is 15.1 Å². The number of nitrogens with zero attached hydrogens (tertiary/aromatic N) is 2. The van der Waals surface area contributed by atoms with Crippen LogP contribution in [0.1, 0.15) is 52.0 Å². The van der Waals surface area contributed by atoms with Crippen LogP contribution in [0.15, 0.2) is 53.0 Å². The number of hydrogen-bond acceptors (Lipinski definition) is 3. The van der Waals surface area contributed by atoms with Crippen molar-refractivity contribution in [1.29, 1.82) is 0 Å². The van der Waals surface area contributed by atoms with Gasteiger partial charge in [-0.3, -0.25) is 14.4 Å². The van der Waals surface area contributed by atoms with Gasteiger partial charge in [-0.1, -0.05) is 40.2 Å². The lowest BCUT2D eigenvalue weighted by Gasteiger charge is -2.37. The number of piperidine rings is 1. The van der Waals surface area contributed by atoms with Gasteiger partial charge in [-0.25, -0.2) is 0 Å². The minimum atomic E-state index is -0.571. The first kappa shape index (κ1) is 23.5. The maximum atomic E-state index is 13.4. The number of carbonyl (C=O) groups excluding carboxylic acids is 3. The lowest BCUT2D eigenvalue weighted by atomic mass is 9.87. The molecular formula is C26H30BrN3O3. The van der Waals surface area contributed by atoms with Gasteiger partial charge in [0.1, 0.15) is 6.04 Å². The number of likely N-dealkylation sites (tertiary alicyclic amines) is 2. The van der Waals surface area contributed by atoms with Crippen LogP contribution in [0.2, 0.25) is 0 Å². The summed E-state index contributed by atoms with van der Waals surface area (Å²) in [5.74, 6) is -0.205. The molecule has 174 valence electrons. The Bertz CT molecular complexity index is 1030. The van der Waals surface area contributed by atoms with Crippen LogP contribution in [0.4, 0.5) is 0 Å². The Kier molecular flexibility index (Phi) is 7.48. The van der Waals surface area contributed by atoms with Crippen LogP contribution in [0.3, 0.4) is 0 Å². The van der Waals surface area contributed by atoms with E-state index >= 15 is 0 Å². The van der Waals surface area contributed by atoms with Gasteiger partial charge >= 0.3 is 0 Å². The third-order valence-electron chi connectivity index (χ3n) is 6.73. The highest BCUT2D eigenvalue weighted by Crippen LogP contribution is 2.25. The molecule has 1 atom stereocenters. The van der Waals surface area contributed by atoms with E-state index < -0.39 is 6.04 Å². The van der Waals surface area contributed by atoms with Crippen LogP contribution in [0, 0.1) is 12.8 Å². The Labute approximate surface area is 203 Å². The zero-order chi connectivity index (χ0) is 23.4. The molecule has 2 aromatic carbocycles. The summed E-state index contributed by atoms with van der Waals surface area (Å²) in [5, 5.41) is 3.06. The maximum Gasteiger partial charge on any atom is 0.253 e. The number of benzene rings is 2. The summed E-state index contributed by atoms with van der Waals surface area (Å²) in [7, 11) is 0. The third kappa shape index (κ3) is 5.46. The summed E-state index contributed by atoms with van der Waals surface area (Å²) in [5.41, 5.74) is 2.14. The van der Waals surface area contributed by atoms with Crippen molar-refractivity contribution >= 4 is 33.7 Å². The normalized spacial score (nSPS) is 17.6. The number of aryl methyl sites for hydroxylation is 1. The van der Waals surface area contributed by atoms with Crippen molar-refractivity contribution in [2.45, 2.75) is 38.6 Å². The molecule has 0 radical (unpaired) electrons. The van der Waals surface area contributed by atoms with Crippen LogP contribution < -0.4 is 5.32 Å². The largest absolute Gasteiger partial charge is 0.341 e. The zero-order valence-electron chi connectivity index (χ0n) is 18.9. The molecule has 0 aromatic heterocycles. The molecule has 33 heavy (non-hydrogen) atoms. The second kappa shape index (κ2) is 10.5. The van der Waals surface area contributed by atoms with E-state index in [9.17, 15) is 14.4 Å².